The Morgan fingerprint density at radius 2 is 1.77 bits per heavy atom. The van der Waals surface area contributed by atoms with E-state index in [-0.39, 0.29) is 28.4 Å². The highest BCUT2D eigenvalue weighted by Gasteiger charge is 2.23. The first kappa shape index (κ1) is 20.6. The van der Waals surface area contributed by atoms with Crippen LogP contribution in [0.2, 0.25) is 0 Å². The molecule has 26 heavy (non-hydrogen) atoms. The van der Waals surface area contributed by atoms with Gasteiger partial charge in [0, 0.05) is 11.0 Å². The number of hydrogen-bond acceptors (Lipinski definition) is 7. The topological polar surface area (TPSA) is 136 Å². The average molecular weight is 465 g/mol. The fourth-order valence-electron chi connectivity index (χ4n) is 2.08. The molecule has 2 aromatic rings. The van der Waals surface area contributed by atoms with Gasteiger partial charge >= 0.3 is 0 Å². The molecule has 0 spiro atoms. The second kappa shape index (κ2) is 7.92. The molecule has 0 aliphatic carbocycles. The Balaban J connectivity index is 2.33. The normalized spacial score (nSPS) is 13.3. The third-order valence-electron chi connectivity index (χ3n) is 3.25. The van der Waals surface area contributed by atoms with E-state index in [2.05, 4.69) is 20.7 Å². The number of benzene rings is 2. The highest BCUT2D eigenvalue weighted by molar-refractivity contribution is 9.10. The molecule has 0 aromatic heterocycles. The van der Waals surface area contributed by atoms with Crippen LogP contribution in [0, 0.1) is 0 Å². The Morgan fingerprint density at radius 3 is 2.31 bits per heavy atom. The zero-order chi connectivity index (χ0) is 19.5. The summed E-state index contributed by atoms with van der Waals surface area (Å²) in [4.78, 5) is -0.0487. The molecule has 0 saturated heterocycles. The number of phenols is 1. The Kier molecular flexibility index (Phi) is 6.29. The lowest BCUT2D eigenvalue weighted by Gasteiger charge is -2.18. The van der Waals surface area contributed by atoms with Crippen LogP contribution in [0.3, 0.4) is 0 Å². The van der Waals surface area contributed by atoms with Crippen LogP contribution in [-0.4, -0.2) is 34.7 Å². The van der Waals surface area contributed by atoms with E-state index < -0.39 is 26.2 Å². The van der Waals surface area contributed by atoms with Crippen molar-refractivity contribution in [2.75, 3.05) is 17.5 Å². The van der Waals surface area contributed by atoms with Crippen LogP contribution >= 0.6 is 15.9 Å². The second-order valence-corrected chi connectivity index (χ2v) is 9.62. The molecule has 2 rings (SSSR count). The quantitative estimate of drug-likeness (QED) is 0.420. The van der Waals surface area contributed by atoms with Gasteiger partial charge in [0.2, 0.25) is 10.0 Å². The average Bonchev–Trinajstić information content (AvgIpc) is 2.54. The van der Waals surface area contributed by atoms with Crippen molar-refractivity contribution >= 4 is 41.8 Å². The van der Waals surface area contributed by atoms with Crippen molar-refractivity contribution in [3.8, 4) is 5.75 Å². The van der Waals surface area contributed by atoms with Crippen molar-refractivity contribution in [3.63, 3.8) is 0 Å². The zero-order valence-electron chi connectivity index (χ0n) is 13.6. The molecule has 0 unspecified atom stereocenters. The molecule has 11 heteroatoms. The van der Waals surface area contributed by atoms with E-state index in [4.69, 9.17) is 9.92 Å². The van der Waals surface area contributed by atoms with Crippen molar-refractivity contribution in [2.45, 2.75) is 11.0 Å². The zero-order valence-corrected chi connectivity index (χ0v) is 16.8. The maximum Gasteiger partial charge on any atom is 0.297 e. The van der Waals surface area contributed by atoms with E-state index in [0.717, 1.165) is 6.26 Å². The lowest BCUT2D eigenvalue weighted by atomic mass is 10.1. The number of rotatable bonds is 7. The predicted molar refractivity (Wildman–Crippen MR) is 101 cm³/mol. The van der Waals surface area contributed by atoms with Gasteiger partial charge in [0.05, 0.1) is 16.8 Å². The van der Waals surface area contributed by atoms with Crippen molar-refractivity contribution < 1.29 is 26.1 Å². The molecular weight excluding hydrogens is 448 g/mol. The van der Waals surface area contributed by atoms with Crippen LogP contribution < -0.4 is 10.5 Å². The smallest absolute Gasteiger partial charge is 0.297 e. The number of anilines is 1. The SMILES string of the molecule is CS(=O)(=O)Nc1cc([C@H](CN)OS(=O)(=O)c2ccc(Br)cc2)ccc1O. The molecule has 0 bridgehead atoms. The van der Waals surface area contributed by atoms with E-state index >= 15 is 0 Å². The third kappa shape index (κ3) is 5.42. The Morgan fingerprint density at radius 1 is 1.15 bits per heavy atom. The first-order chi connectivity index (χ1) is 12.0. The number of nitrogens with two attached hydrogens (primary N) is 1. The molecule has 4 N–H and O–H groups in total. The standard InChI is InChI=1S/C15H17BrN2O6S2/c1-25(20,21)18-13-8-10(2-7-14(13)19)15(9-17)24-26(22,23)12-5-3-11(16)4-6-12/h2-8,15,18-19H,9,17H2,1H3/t15-/m0/s1. The van der Waals surface area contributed by atoms with Gasteiger partial charge in [-0.05, 0) is 42.0 Å². The maximum absolute atomic E-state index is 12.4. The minimum atomic E-state index is -4.10. The van der Waals surface area contributed by atoms with E-state index in [1.165, 1.54) is 30.3 Å². The molecule has 8 nitrogen and oxygen atoms in total. The Labute approximate surface area is 160 Å². The van der Waals surface area contributed by atoms with Crippen LogP contribution in [0.4, 0.5) is 5.69 Å². The summed E-state index contributed by atoms with van der Waals surface area (Å²) < 4.78 is 55.6. The number of hydrogen-bond donors (Lipinski definition) is 3. The Bertz CT molecular complexity index is 991. The predicted octanol–water partition coefficient (Wildman–Crippen LogP) is 1.93. The van der Waals surface area contributed by atoms with Crippen LogP contribution in [-0.2, 0) is 24.3 Å². The second-order valence-electron chi connectivity index (χ2n) is 5.38. The molecule has 0 aliphatic rings. The molecule has 0 amide bonds. The van der Waals surface area contributed by atoms with E-state index in [0.29, 0.717) is 4.47 Å². The van der Waals surface area contributed by atoms with Crippen molar-refractivity contribution in [3.05, 3.63) is 52.5 Å². The highest BCUT2D eigenvalue weighted by atomic mass is 79.9. The van der Waals surface area contributed by atoms with Crippen molar-refractivity contribution in [1.82, 2.24) is 0 Å². The van der Waals surface area contributed by atoms with Crippen molar-refractivity contribution in [2.24, 2.45) is 5.73 Å². The monoisotopic (exact) mass is 464 g/mol. The number of halogens is 1. The van der Waals surface area contributed by atoms with Gasteiger partial charge in [0.1, 0.15) is 11.9 Å². The number of nitrogens with one attached hydrogen (secondary N) is 1. The molecular formula is C15H17BrN2O6S2. The molecule has 0 fully saturated rings. The molecule has 0 heterocycles. The molecule has 0 aliphatic heterocycles. The van der Waals surface area contributed by atoms with Gasteiger partial charge in [-0.15, -0.1) is 0 Å². The van der Waals surface area contributed by atoms with Gasteiger partial charge < -0.3 is 10.8 Å². The minimum absolute atomic E-state index is 0.0487. The summed E-state index contributed by atoms with van der Waals surface area (Å²) in [5.74, 6) is -0.314. The molecule has 2 aromatic carbocycles. The number of aromatic hydroxyl groups is 1. The van der Waals surface area contributed by atoms with E-state index in [1.807, 2.05) is 0 Å². The summed E-state index contributed by atoms with van der Waals surface area (Å²) in [5.41, 5.74) is 5.82. The Hall–Kier alpha value is -1.66. The summed E-state index contributed by atoms with van der Waals surface area (Å²) in [6.07, 6.45) is -0.141. The summed E-state index contributed by atoms with van der Waals surface area (Å²) in [6.45, 7) is -0.182. The molecule has 1 atom stereocenters. The van der Waals surface area contributed by atoms with E-state index in [9.17, 15) is 21.9 Å². The van der Waals surface area contributed by atoms with Crippen LogP contribution in [0.1, 0.15) is 11.7 Å². The number of phenolic OH excluding ortho intramolecular Hbond substituents is 1. The van der Waals surface area contributed by atoms with Crippen LogP contribution in [0.15, 0.2) is 51.8 Å². The van der Waals surface area contributed by atoms with Gasteiger partial charge in [-0.2, -0.15) is 8.42 Å². The fourth-order valence-corrected chi connectivity index (χ4v) is 3.98. The van der Waals surface area contributed by atoms with Gasteiger partial charge in [0.25, 0.3) is 10.1 Å². The molecule has 0 saturated carbocycles. The largest absolute Gasteiger partial charge is 0.506 e. The summed E-state index contributed by atoms with van der Waals surface area (Å²) >= 11 is 3.22. The van der Waals surface area contributed by atoms with Crippen LogP contribution in [0.5, 0.6) is 5.75 Å². The van der Waals surface area contributed by atoms with E-state index in [1.54, 1.807) is 12.1 Å². The first-order valence-corrected chi connectivity index (χ1v) is 11.3. The van der Waals surface area contributed by atoms with Gasteiger partial charge in [-0.1, -0.05) is 22.0 Å². The molecule has 142 valence electrons. The minimum Gasteiger partial charge on any atom is -0.506 e. The van der Waals surface area contributed by atoms with Crippen molar-refractivity contribution in [1.29, 1.82) is 0 Å². The summed E-state index contributed by atoms with van der Waals surface area (Å²) in [6, 6.07) is 9.76. The summed E-state index contributed by atoms with van der Waals surface area (Å²) in [5, 5.41) is 9.77. The van der Waals surface area contributed by atoms with Gasteiger partial charge in [-0.3, -0.25) is 8.91 Å². The lowest BCUT2D eigenvalue weighted by Crippen LogP contribution is -2.20. The first-order valence-electron chi connectivity index (χ1n) is 7.21. The molecule has 0 radical (unpaired) electrons. The van der Waals surface area contributed by atoms with Gasteiger partial charge in [0.15, 0.2) is 0 Å². The van der Waals surface area contributed by atoms with Gasteiger partial charge in [-0.25, -0.2) is 8.42 Å². The number of sulfonamides is 1. The highest BCUT2D eigenvalue weighted by Crippen LogP contribution is 2.30. The van der Waals surface area contributed by atoms with Crippen LogP contribution in [0.25, 0.3) is 0 Å². The third-order valence-corrected chi connectivity index (χ3v) is 5.70. The summed E-state index contributed by atoms with van der Waals surface area (Å²) in [7, 11) is -7.73. The fraction of sp³-hybridized carbons (Fsp3) is 0.200. The lowest BCUT2D eigenvalue weighted by molar-refractivity contribution is 0.221. The maximum atomic E-state index is 12.4.